The zero-order valence-corrected chi connectivity index (χ0v) is 16.2. The fourth-order valence-corrected chi connectivity index (χ4v) is 4.97. The number of aromatic nitrogens is 1. The first-order chi connectivity index (χ1) is 12.1. The summed E-state index contributed by atoms with van der Waals surface area (Å²) in [4.78, 5) is 25.0. The van der Waals surface area contributed by atoms with Crippen LogP contribution < -0.4 is 0 Å². The van der Waals surface area contributed by atoms with Crippen molar-refractivity contribution in [1.29, 1.82) is 0 Å². The van der Waals surface area contributed by atoms with Crippen molar-refractivity contribution < 1.29 is 27.6 Å². The largest absolute Gasteiger partial charge is 0.480 e. The molecule has 0 aliphatic carbocycles. The van der Waals surface area contributed by atoms with E-state index < -0.39 is 16.0 Å². The van der Waals surface area contributed by atoms with Gasteiger partial charge in [-0.3, -0.25) is 9.59 Å². The van der Waals surface area contributed by atoms with Crippen LogP contribution in [0.25, 0.3) is 0 Å². The normalized spacial score (nSPS) is 16.8. The van der Waals surface area contributed by atoms with Crippen molar-refractivity contribution in [2.75, 3.05) is 19.6 Å². The monoisotopic (exact) mass is 387 g/mol. The van der Waals surface area contributed by atoms with Crippen LogP contribution in [0.3, 0.4) is 0 Å². The Morgan fingerprint density at radius 2 is 1.88 bits per heavy atom. The molecule has 0 spiro atoms. The molecule has 1 aromatic rings. The van der Waals surface area contributed by atoms with Crippen LogP contribution in [0, 0.1) is 19.8 Å². The van der Waals surface area contributed by atoms with Crippen molar-refractivity contribution in [3.63, 3.8) is 0 Å². The number of carbonyl (C=O) groups is 2. The van der Waals surface area contributed by atoms with E-state index in [1.54, 1.807) is 27.7 Å². The molecular weight excluding hydrogens is 362 g/mol. The second-order valence-corrected chi connectivity index (χ2v) is 8.66. The highest BCUT2D eigenvalue weighted by Crippen LogP contribution is 2.28. The van der Waals surface area contributed by atoms with E-state index in [-0.39, 0.29) is 48.2 Å². The number of carboxylic acid groups (broad SMARTS) is 1. The van der Waals surface area contributed by atoms with E-state index in [1.807, 2.05) is 0 Å². The average molecular weight is 387 g/mol. The summed E-state index contributed by atoms with van der Waals surface area (Å²) in [5.74, 6) is -1.44. The zero-order valence-electron chi connectivity index (χ0n) is 15.4. The minimum Gasteiger partial charge on any atom is -0.480 e. The molecule has 0 saturated carbocycles. The lowest BCUT2D eigenvalue weighted by molar-refractivity contribution is -0.148. The van der Waals surface area contributed by atoms with Gasteiger partial charge in [0.15, 0.2) is 5.76 Å². The van der Waals surface area contributed by atoms with E-state index in [0.29, 0.717) is 18.5 Å². The van der Waals surface area contributed by atoms with Crippen molar-refractivity contribution in [1.82, 2.24) is 14.4 Å². The van der Waals surface area contributed by atoms with E-state index in [0.717, 1.165) is 0 Å². The average Bonchev–Trinajstić information content (AvgIpc) is 2.91. The van der Waals surface area contributed by atoms with Gasteiger partial charge in [-0.25, -0.2) is 8.42 Å². The second kappa shape index (κ2) is 7.75. The van der Waals surface area contributed by atoms with Gasteiger partial charge in [0.1, 0.15) is 17.1 Å². The first-order valence-corrected chi connectivity index (χ1v) is 9.95. The molecule has 9 nitrogen and oxygen atoms in total. The third-order valence-electron chi connectivity index (χ3n) is 4.58. The van der Waals surface area contributed by atoms with Crippen LogP contribution in [0.1, 0.15) is 38.1 Å². The highest BCUT2D eigenvalue weighted by atomic mass is 32.2. The minimum atomic E-state index is -3.73. The lowest BCUT2D eigenvalue weighted by atomic mass is 9.96. The Bertz CT molecular complexity index is 758. The number of carboxylic acids is 1. The van der Waals surface area contributed by atoms with Crippen molar-refractivity contribution in [2.24, 2.45) is 5.92 Å². The number of hydrogen-bond acceptors (Lipinski definition) is 6. The van der Waals surface area contributed by atoms with Gasteiger partial charge in [-0.15, -0.1) is 0 Å². The Hall–Kier alpha value is -1.94. The summed E-state index contributed by atoms with van der Waals surface area (Å²) in [6.45, 7) is 6.69. The van der Waals surface area contributed by atoms with E-state index in [1.165, 1.54) is 9.21 Å². The SMILES string of the molecule is Cc1noc(C)c1S(=O)(=O)N1CCC(C(=O)N(CC(=O)O)C(C)C)CC1. The molecular formula is C16H25N3O6S. The summed E-state index contributed by atoms with van der Waals surface area (Å²) in [5, 5.41) is 12.7. The zero-order chi connectivity index (χ0) is 19.6. The number of rotatable bonds is 6. The molecule has 0 unspecified atom stereocenters. The molecule has 1 aliphatic heterocycles. The number of aliphatic carboxylic acids is 1. The standard InChI is InChI=1S/C16H25N3O6S/c1-10(2)19(9-14(20)21)16(22)13-5-7-18(8-6-13)26(23,24)15-11(3)17-25-12(15)4/h10,13H,5-9H2,1-4H3,(H,20,21). The highest BCUT2D eigenvalue weighted by Gasteiger charge is 2.37. The number of sulfonamides is 1. The van der Waals surface area contributed by atoms with Gasteiger partial charge >= 0.3 is 5.97 Å². The maximum atomic E-state index is 12.8. The van der Waals surface area contributed by atoms with Gasteiger partial charge in [0.05, 0.1) is 0 Å². The van der Waals surface area contributed by atoms with Crippen LogP contribution in [0.4, 0.5) is 0 Å². The molecule has 10 heteroatoms. The van der Waals surface area contributed by atoms with Crippen LogP contribution in [0.2, 0.25) is 0 Å². The number of piperidine rings is 1. The Morgan fingerprint density at radius 3 is 2.31 bits per heavy atom. The summed E-state index contributed by atoms with van der Waals surface area (Å²) in [7, 11) is -3.73. The van der Waals surface area contributed by atoms with Gasteiger partial charge in [-0.05, 0) is 40.5 Å². The van der Waals surface area contributed by atoms with Crippen molar-refractivity contribution in [3.8, 4) is 0 Å². The molecule has 0 aromatic carbocycles. The molecule has 26 heavy (non-hydrogen) atoms. The lowest BCUT2D eigenvalue weighted by Crippen LogP contribution is -2.48. The minimum absolute atomic E-state index is 0.0805. The second-order valence-electron chi connectivity index (χ2n) is 6.79. The molecule has 2 rings (SSSR count). The Kier molecular flexibility index (Phi) is 6.07. The molecule has 0 bridgehead atoms. The van der Waals surface area contributed by atoms with Gasteiger partial charge in [0, 0.05) is 25.0 Å². The molecule has 146 valence electrons. The van der Waals surface area contributed by atoms with Gasteiger partial charge in [0.2, 0.25) is 15.9 Å². The number of aryl methyl sites for hydroxylation is 2. The quantitative estimate of drug-likeness (QED) is 0.773. The molecule has 1 aliphatic rings. The van der Waals surface area contributed by atoms with Crippen LogP contribution in [0.15, 0.2) is 9.42 Å². The van der Waals surface area contributed by atoms with Gasteiger partial charge in [-0.1, -0.05) is 5.16 Å². The summed E-state index contributed by atoms with van der Waals surface area (Å²) >= 11 is 0. The molecule has 1 aromatic heterocycles. The number of amides is 1. The summed E-state index contributed by atoms with van der Waals surface area (Å²) in [6, 6.07) is -0.234. The highest BCUT2D eigenvalue weighted by molar-refractivity contribution is 7.89. The van der Waals surface area contributed by atoms with Crippen LogP contribution >= 0.6 is 0 Å². The van der Waals surface area contributed by atoms with E-state index in [4.69, 9.17) is 9.63 Å². The van der Waals surface area contributed by atoms with Gasteiger partial charge in [-0.2, -0.15) is 4.31 Å². The number of hydrogen-bond donors (Lipinski definition) is 1. The van der Waals surface area contributed by atoms with Crippen molar-refractivity contribution in [3.05, 3.63) is 11.5 Å². The first-order valence-electron chi connectivity index (χ1n) is 8.51. The molecule has 0 radical (unpaired) electrons. The van der Waals surface area contributed by atoms with Crippen LogP contribution in [0.5, 0.6) is 0 Å². The fourth-order valence-electron chi connectivity index (χ4n) is 3.21. The predicted octanol–water partition coefficient (Wildman–Crippen LogP) is 1.01. The fraction of sp³-hybridized carbons (Fsp3) is 0.688. The van der Waals surface area contributed by atoms with E-state index in [2.05, 4.69) is 5.16 Å². The van der Waals surface area contributed by atoms with Crippen molar-refractivity contribution >= 4 is 21.9 Å². The first kappa shape index (κ1) is 20.4. The predicted molar refractivity (Wildman–Crippen MR) is 91.9 cm³/mol. The lowest BCUT2D eigenvalue weighted by Gasteiger charge is -2.34. The van der Waals surface area contributed by atoms with E-state index in [9.17, 15) is 18.0 Å². The molecule has 1 N–H and O–H groups in total. The molecule has 1 fully saturated rings. The Morgan fingerprint density at radius 1 is 1.31 bits per heavy atom. The van der Waals surface area contributed by atoms with Gasteiger partial charge < -0.3 is 14.5 Å². The maximum Gasteiger partial charge on any atom is 0.323 e. The van der Waals surface area contributed by atoms with E-state index >= 15 is 0 Å². The summed E-state index contributed by atoms with van der Waals surface area (Å²) in [5.41, 5.74) is 0.313. The van der Waals surface area contributed by atoms with Crippen LogP contribution in [-0.4, -0.2) is 65.4 Å². The molecule has 2 heterocycles. The Labute approximate surface area is 153 Å². The third kappa shape index (κ3) is 4.07. The molecule has 0 atom stereocenters. The van der Waals surface area contributed by atoms with Crippen molar-refractivity contribution in [2.45, 2.75) is 51.5 Å². The maximum absolute atomic E-state index is 12.8. The molecule has 1 saturated heterocycles. The summed E-state index contributed by atoms with van der Waals surface area (Å²) < 4.78 is 31.9. The van der Waals surface area contributed by atoms with Crippen LogP contribution in [-0.2, 0) is 19.6 Å². The topological polar surface area (TPSA) is 121 Å². The smallest absolute Gasteiger partial charge is 0.323 e. The Balaban J connectivity index is 2.09. The summed E-state index contributed by atoms with van der Waals surface area (Å²) in [6.07, 6.45) is 0.703. The molecule has 1 amide bonds. The number of carbonyl (C=O) groups excluding carboxylic acids is 1. The number of nitrogens with zero attached hydrogens (tertiary/aromatic N) is 3. The van der Waals surface area contributed by atoms with Gasteiger partial charge in [0.25, 0.3) is 0 Å². The third-order valence-corrected chi connectivity index (χ3v) is 6.72.